The summed E-state index contributed by atoms with van der Waals surface area (Å²) in [6, 6.07) is 4.70. The van der Waals surface area contributed by atoms with Gasteiger partial charge in [0.05, 0.1) is 6.26 Å². The van der Waals surface area contributed by atoms with Crippen molar-refractivity contribution >= 4 is 5.78 Å². The lowest BCUT2D eigenvalue weighted by Crippen LogP contribution is -2.51. The zero-order chi connectivity index (χ0) is 12.4. The van der Waals surface area contributed by atoms with E-state index in [4.69, 9.17) is 4.42 Å². The van der Waals surface area contributed by atoms with E-state index in [1.165, 1.54) is 0 Å². The summed E-state index contributed by atoms with van der Waals surface area (Å²) in [4.78, 5) is 14.1. The number of carbonyl (C=O) groups is 1. The van der Waals surface area contributed by atoms with E-state index in [1.54, 1.807) is 6.26 Å². The molecule has 3 heteroatoms. The molecule has 1 aromatic heterocycles. The van der Waals surface area contributed by atoms with Gasteiger partial charge in [-0.05, 0) is 26.0 Å². The summed E-state index contributed by atoms with van der Waals surface area (Å²) in [5.41, 5.74) is 0. The van der Waals surface area contributed by atoms with Gasteiger partial charge in [0.1, 0.15) is 11.5 Å². The van der Waals surface area contributed by atoms with E-state index in [2.05, 4.69) is 18.7 Å². The molecule has 0 bridgehead atoms. The number of hydrogen-bond donors (Lipinski definition) is 0. The van der Waals surface area contributed by atoms with Gasteiger partial charge in [0.2, 0.25) is 0 Å². The van der Waals surface area contributed by atoms with Crippen molar-refractivity contribution in [3.63, 3.8) is 0 Å². The molecule has 2 heterocycles. The Hall–Kier alpha value is -1.09. The molecule has 0 aliphatic carbocycles. The molecule has 0 saturated carbocycles. The second-order valence-corrected chi connectivity index (χ2v) is 5.12. The monoisotopic (exact) mass is 235 g/mol. The number of furan rings is 1. The van der Waals surface area contributed by atoms with Crippen LogP contribution in [-0.4, -0.2) is 29.3 Å². The van der Waals surface area contributed by atoms with Gasteiger partial charge < -0.3 is 4.42 Å². The summed E-state index contributed by atoms with van der Waals surface area (Å²) in [6.45, 7) is 7.28. The molecule has 0 spiro atoms. The van der Waals surface area contributed by atoms with E-state index in [0.717, 1.165) is 18.7 Å². The molecule has 1 aliphatic rings. The largest absolute Gasteiger partial charge is 0.469 e. The third-order valence-corrected chi connectivity index (χ3v) is 4.01. The molecule has 0 amide bonds. The molecule has 3 unspecified atom stereocenters. The lowest BCUT2D eigenvalue weighted by Gasteiger charge is -2.40. The van der Waals surface area contributed by atoms with Crippen molar-refractivity contribution in [2.24, 2.45) is 5.92 Å². The van der Waals surface area contributed by atoms with Crippen molar-refractivity contribution < 1.29 is 9.21 Å². The van der Waals surface area contributed by atoms with Crippen molar-refractivity contribution in [1.82, 2.24) is 4.90 Å². The molecule has 3 atom stereocenters. The molecule has 0 aromatic carbocycles. The maximum atomic E-state index is 11.6. The molecule has 94 valence electrons. The zero-order valence-electron chi connectivity index (χ0n) is 10.8. The molecule has 1 aliphatic heterocycles. The summed E-state index contributed by atoms with van der Waals surface area (Å²) in [7, 11) is 0. The number of Topliss-reactive ketones (excluding diaryl/α,β-unsaturated/α-hetero) is 1. The van der Waals surface area contributed by atoms with Gasteiger partial charge >= 0.3 is 0 Å². The first-order chi connectivity index (χ1) is 8.09. The molecule has 2 rings (SSSR count). The average molecular weight is 235 g/mol. The number of hydrogen-bond acceptors (Lipinski definition) is 3. The van der Waals surface area contributed by atoms with Crippen LogP contribution in [0.3, 0.4) is 0 Å². The summed E-state index contributed by atoms with van der Waals surface area (Å²) >= 11 is 0. The number of carbonyl (C=O) groups excluding carboxylic acids is 1. The van der Waals surface area contributed by atoms with Gasteiger partial charge in [-0.2, -0.15) is 0 Å². The third-order valence-electron chi connectivity index (χ3n) is 4.01. The lowest BCUT2D eigenvalue weighted by atomic mass is 9.89. The van der Waals surface area contributed by atoms with Crippen LogP contribution in [0.4, 0.5) is 0 Å². The first kappa shape index (κ1) is 12.4. The standard InChI is InChI=1S/C14H21NO2/c1-10(9-13-5-4-8-17-13)15-7-6-14(16)11(2)12(15)3/h4-5,8,10-12H,6-7,9H2,1-3H3. The second kappa shape index (κ2) is 5.05. The highest BCUT2D eigenvalue weighted by molar-refractivity contribution is 5.82. The molecular weight excluding hydrogens is 214 g/mol. The fraction of sp³-hybridized carbons (Fsp3) is 0.643. The third kappa shape index (κ3) is 2.60. The summed E-state index contributed by atoms with van der Waals surface area (Å²) in [6.07, 6.45) is 3.32. The first-order valence-corrected chi connectivity index (χ1v) is 6.40. The predicted molar refractivity (Wildman–Crippen MR) is 66.8 cm³/mol. The molecule has 1 fully saturated rings. The molecular formula is C14H21NO2. The van der Waals surface area contributed by atoms with Crippen molar-refractivity contribution in [1.29, 1.82) is 0 Å². The van der Waals surface area contributed by atoms with Gasteiger partial charge in [0.25, 0.3) is 0 Å². The minimum atomic E-state index is 0.155. The van der Waals surface area contributed by atoms with Gasteiger partial charge in [0, 0.05) is 37.4 Å². The Balaban J connectivity index is 1.99. The Kier molecular flexibility index (Phi) is 3.67. The van der Waals surface area contributed by atoms with Crippen molar-refractivity contribution in [3.8, 4) is 0 Å². The van der Waals surface area contributed by atoms with Crippen LogP contribution in [0.2, 0.25) is 0 Å². The average Bonchev–Trinajstić information content (AvgIpc) is 2.78. The van der Waals surface area contributed by atoms with Crippen LogP contribution in [0, 0.1) is 5.92 Å². The molecule has 1 aromatic rings. The molecule has 0 N–H and O–H groups in total. The Morgan fingerprint density at radius 3 is 2.94 bits per heavy atom. The SMILES string of the molecule is CC1C(=O)CCN(C(C)Cc2ccco2)C1C. The lowest BCUT2D eigenvalue weighted by molar-refractivity contribution is -0.128. The highest BCUT2D eigenvalue weighted by Gasteiger charge is 2.33. The normalized spacial score (nSPS) is 28.3. The number of likely N-dealkylation sites (tertiary alicyclic amines) is 1. The Morgan fingerprint density at radius 2 is 2.29 bits per heavy atom. The Bertz CT molecular complexity index is 372. The van der Waals surface area contributed by atoms with Gasteiger partial charge in [-0.25, -0.2) is 0 Å². The number of ketones is 1. The highest BCUT2D eigenvalue weighted by atomic mass is 16.3. The van der Waals surface area contributed by atoms with Crippen LogP contribution in [0.5, 0.6) is 0 Å². The number of rotatable bonds is 3. The molecule has 17 heavy (non-hydrogen) atoms. The quantitative estimate of drug-likeness (QED) is 0.807. The van der Waals surface area contributed by atoms with E-state index >= 15 is 0 Å². The summed E-state index contributed by atoms with van der Waals surface area (Å²) in [5.74, 6) is 1.58. The fourth-order valence-corrected chi connectivity index (χ4v) is 2.69. The van der Waals surface area contributed by atoms with E-state index in [0.29, 0.717) is 24.3 Å². The van der Waals surface area contributed by atoms with Crippen molar-refractivity contribution in [2.45, 2.75) is 45.7 Å². The molecule has 1 saturated heterocycles. The van der Waals surface area contributed by atoms with Crippen LogP contribution in [0.15, 0.2) is 22.8 Å². The highest BCUT2D eigenvalue weighted by Crippen LogP contribution is 2.23. The molecule has 3 nitrogen and oxygen atoms in total. The van der Waals surface area contributed by atoms with Crippen molar-refractivity contribution in [3.05, 3.63) is 24.2 Å². The fourth-order valence-electron chi connectivity index (χ4n) is 2.69. The second-order valence-electron chi connectivity index (χ2n) is 5.12. The van der Waals surface area contributed by atoms with Gasteiger partial charge in [-0.1, -0.05) is 6.92 Å². The summed E-state index contributed by atoms with van der Waals surface area (Å²) < 4.78 is 5.38. The zero-order valence-corrected chi connectivity index (χ0v) is 10.8. The van der Waals surface area contributed by atoms with E-state index in [1.807, 2.05) is 19.1 Å². The van der Waals surface area contributed by atoms with Crippen LogP contribution >= 0.6 is 0 Å². The van der Waals surface area contributed by atoms with Crippen LogP contribution in [-0.2, 0) is 11.2 Å². The van der Waals surface area contributed by atoms with E-state index in [9.17, 15) is 4.79 Å². The van der Waals surface area contributed by atoms with Gasteiger partial charge in [-0.3, -0.25) is 9.69 Å². The van der Waals surface area contributed by atoms with Crippen molar-refractivity contribution in [2.75, 3.05) is 6.54 Å². The van der Waals surface area contributed by atoms with Gasteiger partial charge in [0.15, 0.2) is 0 Å². The minimum absolute atomic E-state index is 0.155. The Morgan fingerprint density at radius 1 is 1.53 bits per heavy atom. The van der Waals surface area contributed by atoms with Crippen LogP contribution in [0.1, 0.15) is 33.0 Å². The Labute approximate surface area is 103 Å². The number of nitrogens with zero attached hydrogens (tertiary/aromatic N) is 1. The minimum Gasteiger partial charge on any atom is -0.469 e. The smallest absolute Gasteiger partial charge is 0.138 e. The van der Waals surface area contributed by atoms with E-state index in [-0.39, 0.29) is 5.92 Å². The van der Waals surface area contributed by atoms with E-state index < -0.39 is 0 Å². The maximum absolute atomic E-state index is 11.6. The number of piperidine rings is 1. The van der Waals surface area contributed by atoms with Crippen LogP contribution < -0.4 is 0 Å². The van der Waals surface area contributed by atoms with Gasteiger partial charge in [-0.15, -0.1) is 0 Å². The first-order valence-electron chi connectivity index (χ1n) is 6.40. The topological polar surface area (TPSA) is 33.5 Å². The molecule has 0 radical (unpaired) electrons. The summed E-state index contributed by atoms with van der Waals surface area (Å²) in [5, 5.41) is 0. The predicted octanol–water partition coefficient (Wildman–Crippen LogP) is 2.51. The van der Waals surface area contributed by atoms with Crippen LogP contribution in [0.25, 0.3) is 0 Å². The maximum Gasteiger partial charge on any atom is 0.138 e.